The van der Waals surface area contributed by atoms with Crippen LogP contribution in [0, 0.1) is 12.8 Å². The molecule has 0 bridgehead atoms. The lowest BCUT2D eigenvalue weighted by molar-refractivity contribution is 0.0651. The number of amides is 1. The molecule has 0 aliphatic carbocycles. The van der Waals surface area contributed by atoms with Gasteiger partial charge in [0.15, 0.2) is 0 Å². The highest BCUT2D eigenvalue weighted by Gasteiger charge is 2.28. The zero-order valence-electron chi connectivity index (χ0n) is 16.4. The Morgan fingerprint density at radius 1 is 1.32 bits per heavy atom. The number of nitrogens with zero attached hydrogens (tertiary/aromatic N) is 4. The quantitative estimate of drug-likeness (QED) is 0.721. The van der Waals surface area contributed by atoms with Crippen LogP contribution in [0.2, 0.25) is 5.02 Å². The highest BCUT2D eigenvalue weighted by atomic mass is 35.5. The second kappa shape index (κ2) is 7.09. The maximum Gasteiger partial charge on any atom is 0.255 e. The van der Waals surface area contributed by atoms with E-state index < -0.39 is 0 Å². The molecule has 1 aliphatic heterocycles. The lowest BCUT2D eigenvalue weighted by Crippen LogP contribution is -2.42. The number of fused-ring (bicyclic) bond motifs is 1. The average Bonchev–Trinajstić information content (AvgIpc) is 2.98. The number of carbonyl (C=O) groups is 1. The van der Waals surface area contributed by atoms with Crippen molar-refractivity contribution in [3.8, 4) is 5.82 Å². The summed E-state index contributed by atoms with van der Waals surface area (Å²) in [5, 5.41) is 1.51. The predicted molar refractivity (Wildman–Crippen MR) is 112 cm³/mol. The van der Waals surface area contributed by atoms with Crippen molar-refractivity contribution in [1.82, 2.24) is 19.4 Å². The lowest BCUT2D eigenvalue weighted by atomic mass is 9.93. The van der Waals surface area contributed by atoms with Crippen LogP contribution in [0.3, 0.4) is 0 Å². The van der Waals surface area contributed by atoms with Gasteiger partial charge in [-0.2, -0.15) is 0 Å². The van der Waals surface area contributed by atoms with Crippen LogP contribution in [-0.4, -0.2) is 38.4 Å². The Balaban J connectivity index is 1.95. The Kier molecular flexibility index (Phi) is 4.75. The minimum absolute atomic E-state index is 0.0315. The third-order valence-corrected chi connectivity index (χ3v) is 5.65. The fourth-order valence-electron chi connectivity index (χ4n) is 3.73. The van der Waals surface area contributed by atoms with Crippen LogP contribution in [0.1, 0.15) is 41.8 Å². The van der Waals surface area contributed by atoms with E-state index in [0.29, 0.717) is 22.3 Å². The summed E-state index contributed by atoms with van der Waals surface area (Å²) in [7, 11) is 0. The van der Waals surface area contributed by atoms with Crippen molar-refractivity contribution in [1.29, 1.82) is 0 Å². The fraction of sp³-hybridized carbons (Fsp3) is 0.381. The molecule has 3 aromatic rings. The van der Waals surface area contributed by atoms with Crippen molar-refractivity contribution >= 4 is 34.2 Å². The highest BCUT2D eigenvalue weighted by Crippen LogP contribution is 2.35. The van der Waals surface area contributed by atoms with Gasteiger partial charge in [0.25, 0.3) is 5.91 Å². The molecule has 1 aromatic carbocycles. The zero-order valence-corrected chi connectivity index (χ0v) is 17.1. The van der Waals surface area contributed by atoms with E-state index >= 15 is 0 Å². The summed E-state index contributed by atoms with van der Waals surface area (Å²) < 4.78 is 1.97. The number of rotatable bonds is 4. The molecule has 1 fully saturated rings. The number of halogens is 1. The van der Waals surface area contributed by atoms with Gasteiger partial charge in [-0.15, -0.1) is 0 Å². The maximum absolute atomic E-state index is 13.1. The first-order valence-electron chi connectivity index (χ1n) is 9.57. The molecule has 0 unspecified atom stereocenters. The lowest BCUT2D eigenvalue weighted by Gasteiger charge is -2.32. The average molecular weight is 398 g/mol. The highest BCUT2D eigenvalue weighted by molar-refractivity contribution is 6.35. The molecule has 0 atom stereocenters. The number of hydrogen-bond acceptors (Lipinski definition) is 4. The van der Waals surface area contributed by atoms with E-state index in [-0.39, 0.29) is 5.91 Å². The Morgan fingerprint density at radius 3 is 2.71 bits per heavy atom. The molecule has 3 heterocycles. The Labute approximate surface area is 169 Å². The van der Waals surface area contributed by atoms with Gasteiger partial charge in [-0.05, 0) is 43.4 Å². The second-order valence-corrected chi connectivity index (χ2v) is 8.19. The first-order valence-corrected chi connectivity index (χ1v) is 9.95. The topological polar surface area (TPSA) is 77.0 Å². The molecule has 0 radical (unpaired) electrons. The Bertz CT molecular complexity index is 1070. The van der Waals surface area contributed by atoms with E-state index in [1.807, 2.05) is 34.7 Å². The molecular weight excluding hydrogens is 374 g/mol. The largest absolute Gasteiger partial charge is 0.383 e. The fourth-order valence-corrected chi connectivity index (χ4v) is 4.03. The van der Waals surface area contributed by atoms with Crippen LogP contribution in [0.25, 0.3) is 16.7 Å². The molecule has 2 aromatic heterocycles. The Morgan fingerprint density at radius 2 is 2.07 bits per heavy atom. The van der Waals surface area contributed by atoms with Crippen LogP contribution >= 0.6 is 11.6 Å². The van der Waals surface area contributed by atoms with Gasteiger partial charge in [0.2, 0.25) is 0 Å². The van der Waals surface area contributed by atoms with Gasteiger partial charge in [-0.1, -0.05) is 25.4 Å². The Hall–Kier alpha value is -2.60. The molecule has 0 spiro atoms. The van der Waals surface area contributed by atoms with Crippen LogP contribution in [-0.2, 0) is 6.42 Å². The van der Waals surface area contributed by atoms with Gasteiger partial charge in [0.1, 0.15) is 18.0 Å². The number of nitrogens with two attached hydrogens (primary N) is 1. The van der Waals surface area contributed by atoms with Gasteiger partial charge >= 0.3 is 0 Å². The molecule has 2 N–H and O–H groups in total. The first kappa shape index (κ1) is 18.7. The van der Waals surface area contributed by atoms with Gasteiger partial charge < -0.3 is 15.2 Å². The summed E-state index contributed by atoms with van der Waals surface area (Å²) >= 11 is 6.68. The third-order valence-electron chi connectivity index (χ3n) is 5.35. The van der Waals surface area contributed by atoms with Crippen LogP contribution in [0.4, 0.5) is 5.82 Å². The molecular formula is C21H24ClN5O. The number of hydrogen-bond donors (Lipinski definition) is 1. The van der Waals surface area contributed by atoms with Gasteiger partial charge in [0, 0.05) is 30.2 Å². The van der Waals surface area contributed by atoms with Gasteiger partial charge in [-0.3, -0.25) is 4.79 Å². The molecule has 28 heavy (non-hydrogen) atoms. The van der Waals surface area contributed by atoms with E-state index in [9.17, 15) is 4.79 Å². The summed E-state index contributed by atoms with van der Waals surface area (Å²) in [5.41, 5.74) is 9.35. The molecule has 1 amide bonds. The number of nitrogen functional groups attached to an aromatic ring is 1. The summed E-state index contributed by atoms with van der Waals surface area (Å²) in [5.74, 6) is 1.59. The van der Waals surface area contributed by atoms with Crippen LogP contribution in [0.5, 0.6) is 0 Å². The van der Waals surface area contributed by atoms with E-state index in [1.54, 1.807) is 0 Å². The van der Waals surface area contributed by atoms with E-state index in [2.05, 4.69) is 23.8 Å². The molecule has 146 valence electrons. The van der Waals surface area contributed by atoms with Crippen LogP contribution in [0.15, 0.2) is 24.7 Å². The summed E-state index contributed by atoms with van der Waals surface area (Å²) in [6.07, 6.45) is 5.25. The van der Waals surface area contributed by atoms with Gasteiger partial charge in [-0.25, -0.2) is 9.97 Å². The maximum atomic E-state index is 13.1. The van der Waals surface area contributed by atoms with E-state index in [0.717, 1.165) is 53.8 Å². The van der Waals surface area contributed by atoms with Crippen molar-refractivity contribution < 1.29 is 4.79 Å². The summed E-state index contributed by atoms with van der Waals surface area (Å²) in [6, 6.07) is 3.90. The third kappa shape index (κ3) is 3.02. The standard InChI is InChI=1S/C21H24ClN5O/c1-12(2)9-15-14-5-8-27(20-13(3)19(23)24-11-25-20)17(14)10-16(22)18(15)21(28)26-6-4-7-26/h5,8,10-12H,4,6-7,9H2,1-3H3,(H2,23,24,25). The smallest absolute Gasteiger partial charge is 0.255 e. The van der Waals surface area contributed by atoms with Crippen molar-refractivity contribution in [2.45, 2.75) is 33.6 Å². The number of benzene rings is 1. The van der Waals surface area contributed by atoms with Gasteiger partial charge in [0.05, 0.1) is 16.1 Å². The monoisotopic (exact) mass is 397 g/mol. The molecule has 1 saturated heterocycles. The molecule has 4 rings (SSSR count). The van der Waals surface area contributed by atoms with Crippen molar-refractivity contribution in [3.63, 3.8) is 0 Å². The van der Waals surface area contributed by atoms with Crippen molar-refractivity contribution in [2.24, 2.45) is 5.92 Å². The van der Waals surface area contributed by atoms with E-state index in [1.165, 1.54) is 6.33 Å². The molecule has 1 aliphatic rings. The van der Waals surface area contributed by atoms with Crippen molar-refractivity contribution in [2.75, 3.05) is 18.8 Å². The minimum Gasteiger partial charge on any atom is -0.383 e. The number of carbonyl (C=O) groups excluding carboxylic acids is 1. The SMILES string of the molecule is Cc1c(N)ncnc1-n1ccc2c(CC(C)C)c(C(=O)N3CCC3)c(Cl)cc21. The number of aromatic nitrogens is 3. The number of anilines is 1. The van der Waals surface area contributed by atoms with E-state index in [4.69, 9.17) is 17.3 Å². The van der Waals surface area contributed by atoms with Crippen molar-refractivity contribution in [3.05, 3.63) is 46.4 Å². The first-order chi connectivity index (χ1) is 13.4. The minimum atomic E-state index is 0.0315. The summed E-state index contributed by atoms with van der Waals surface area (Å²) in [4.78, 5) is 23.4. The van der Waals surface area contributed by atoms with Crippen LogP contribution < -0.4 is 5.73 Å². The second-order valence-electron chi connectivity index (χ2n) is 7.78. The molecule has 0 saturated carbocycles. The summed E-state index contributed by atoms with van der Waals surface area (Å²) in [6.45, 7) is 7.80. The molecule has 7 heteroatoms. The number of likely N-dealkylation sites (tertiary alicyclic amines) is 1. The zero-order chi connectivity index (χ0) is 20.0. The molecule has 6 nitrogen and oxygen atoms in total. The normalized spacial score (nSPS) is 14.0. The predicted octanol–water partition coefficient (Wildman–Crippen LogP) is 4.01.